The van der Waals surface area contributed by atoms with Crippen LogP contribution < -0.4 is 11.1 Å². The highest BCUT2D eigenvalue weighted by molar-refractivity contribution is 7.86. The number of carboxylic acid groups (broad SMARTS) is 1. The van der Waals surface area contributed by atoms with Crippen LogP contribution in [0.15, 0.2) is 30.3 Å². The van der Waals surface area contributed by atoms with Crippen molar-refractivity contribution < 1.29 is 32.4 Å². The van der Waals surface area contributed by atoms with E-state index in [0.717, 1.165) is 0 Å². The molecular formula is C13H18N2O7S. The van der Waals surface area contributed by atoms with Crippen molar-refractivity contribution in [3.8, 4) is 0 Å². The summed E-state index contributed by atoms with van der Waals surface area (Å²) >= 11 is 0. The van der Waals surface area contributed by atoms with Crippen LogP contribution in [0.2, 0.25) is 0 Å². The SMILES string of the molecule is CC(N)C(=O)C(NC(=O)O)C(OCc1ccccc1)S(=O)(=O)O. The first-order chi connectivity index (χ1) is 10.6. The summed E-state index contributed by atoms with van der Waals surface area (Å²) < 4.78 is 37.4. The fourth-order valence-corrected chi connectivity index (χ4v) is 2.58. The Morgan fingerprint density at radius 3 is 2.30 bits per heavy atom. The topological polar surface area (TPSA) is 156 Å². The van der Waals surface area contributed by atoms with Gasteiger partial charge in [-0.15, -0.1) is 0 Å². The van der Waals surface area contributed by atoms with Crippen molar-refractivity contribution in [1.29, 1.82) is 0 Å². The normalized spacial score (nSPS) is 15.4. The van der Waals surface area contributed by atoms with E-state index in [2.05, 4.69) is 0 Å². The van der Waals surface area contributed by atoms with Crippen molar-refractivity contribution in [2.45, 2.75) is 31.1 Å². The molecule has 3 unspecified atom stereocenters. The van der Waals surface area contributed by atoms with Gasteiger partial charge in [0.25, 0.3) is 10.1 Å². The third-order valence-corrected chi connectivity index (χ3v) is 3.85. The van der Waals surface area contributed by atoms with E-state index < -0.39 is 39.5 Å². The highest BCUT2D eigenvalue weighted by Crippen LogP contribution is 2.13. The lowest BCUT2D eigenvalue weighted by molar-refractivity contribution is -0.124. The number of ether oxygens (including phenoxy) is 1. The van der Waals surface area contributed by atoms with Crippen LogP contribution in [0, 0.1) is 0 Å². The van der Waals surface area contributed by atoms with Crippen LogP contribution in [0.5, 0.6) is 0 Å². The average molecular weight is 346 g/mol. The first-order valence-electron chi connectivity index (χ1n) is 6.53. The van der Waals surface area contributed by atoms with Crippen LogP contribution in [0.4, 0.5) is 4.79 Å². The molecule has 9 nitrogen and oxygen atoms in total. The van der Waals surface area contributed by atoms with Gasteiger partial charge in [0.15, 0.2) is 5.78 Å². The Morgan fingerprint density at radius 2 is 1.87 bits per heavy atom. The number of rotatable bonds is 8. The average Bonchev–Trinajstić information content (AvgIpc) is 2.44. The van der Waals surface area contributed by atoms with Gasteiger partial charge in [-0.05, 0) is 12.5 Å². The molecule has 128 valence electrons. The van der Waals surface area contributed by atoms with Gasteiger partial charge in [0.2, 0.25) is 5.44 Å². The summed E-state index contributed by atoms with van der Waals surface area (Å²) in [6, 6.07) is 5.35. The minimum Gasteiger partial charge on any atom is -0.465 e. The summed E-state index contributed by atoms with van der Waals surface area (Å²) in [5.74, 6) is -0.928. The first kappa shape index (κ1) is 19.0. The molecule has 1 amide bonds. The van der Waals surface area contributed by atoms with Crippen LogP contribution in [0.25, 0.3) is 0 Å². The summed E-state index contributed by atoms with van der Waals surface area (Å²) in [6.07, 6.45) is -1.65. The van der Waals surface area contributed by atoms with Gasteiger partial charge in [0.1, 0.15) is 6.04 Å². The molecule has 0 fully saturated rings. The molecule has 0 spiro atoms. The molecule has 0 saturated heterocycles. The zero-order chi connectivity index (χ0) is 17.6. The zero-order valence-corrected chi connectivity index (χ0v) is 13.1. The molecule has 0 heterocycles. The molecule has 10 heteroatoms. The standard InChI is InChI=1S/C13H18N2O7S/c1-8(14)11(16)10(15-13(17)18)12(23(19,20)21)22-7-9-5-3-2-4-6-9/h2-6,8,10,12,15H,7,14H2,1H3,(H,17,18)(H,19,20,21). The van der Waals surface area contributed by atoms with E-state index in [4.69, 9.17) is 15.6 Å². The molecule has 0 aliphatic carbocycles. The van der Waals surface area contributed by atoms with Gasteiger partial charge < -0.3 is 20.9 Å². The number of nitrogens with two attached hydrogens (primary N) is 1. The lowest BCUT2D eigenvalue weighted by Gasteiger charge is -2.25. The highest BCUT2D eigenvalue weighted by Gasteiger charge is 2.40. The Balaban J connectivity index is 3.05. The second-order valence-electron chi connectivity index (χ2n) is 4.80. The third-order valence-electron chi connectivity index (χ3n) is 2.86. The smallest absolute Gasteiger partial charge is 0.405 e. The number of carbonyl (C=O) groups is 2. The Morgan fingerprint density at radius 1 is 1.30 bits per heavy atom. The fourth-order valence-electron chi connectivity index (χ4n) is 1.80. The molecule has 23 heavy (non-hydrogen) atoms. The lowest BCUT2D eigenvalue weighted by atomic mass is 10.1. The van der Waals surface area contributed by atoms with Crippen molar-refractivity contribution in [2.24, 2.45) is 5.73 Å². The monoisotopic (exact) mass is 346 g/mol. The molecule has 0 aliphatic heterocycles. The van der Waals surface area contributed by atoms with Crippen LogP contribution in [0.3, 0.4) is 0 Å². The van der Waals surface area contributed by atoms with Crippen LogP contribution in [-0.2, 0) is 26.3 Å². The number of ketones is 1. The Labute approximate surface area is 133 Å². The zero-order valence-electron chi connectivity index (χ0n) is 12.2. The van der Waals surface area contributed by atoms with E-state index in [-0.39, 0.29) is 6.61 Å². The number of amides is 1. The maximum atomic E-state index is 12.0. The van der Waals surface area contributed by atoms with Crippen molar-refractivity contribution in [2.75, 3.05) is 0 Å². The Kier molecular flexibility index (Phi) is 6.63. The van der Waals surface area contributed by atoms with Gasteiger partial charge in [-0.3, -0.25) is 9.35 Å². The molecular weight excluding hydrogens is 328 g/mol. The van der Waals surface area contributed by atoms with Gasteiger partial charge in [-0.25, -0.2) is 4.79 Å². The minimum absolute atomic E-state index is 0.255. The molecule has 0 radical (unpaired) electrons. The number of Topliss-reactive ketones (excluding diaryl/α,β-unsaturated/α-hetero) is 1. The van der Waals surface area contributed by atoms with E-state index >= 15 is 0 Å². The summed E-state index contributed by atoms with van der Waals surface area (Å²) in [4.78, 5) is 22.8. The van der Waals surface area contributed by atoms with Crippen molar-refractivity contribution in [3.05, 3.63) is 35.9 Å². The van der Waals surface area contributed by atoms with E-state index in [1.807, 2.05) is 0 Å². The number of benzene rings is 1. The summed E-state index contributed by atoms with van der Waals surface area (Å²) in [7, 11) is -4.88. The van der Waals surface area contributed by atoms with Gasteiger partial charge in [0, 0.05) is 0 Å². The van der Waals surface area contributed by atoms with Crippen molar-refractivity contribution in [3.63, 3.8) is 0 Å². The van der Waals surface area contributed by atoms with Gasteiger partial charge >= 0.3 is 6.09 Å². The Hall–Kier alpha value is -2.01. The maximum absolute atomic E-state index is 12.0. The van der Waals surface area contributed by atoms with Gasteiger partial charge in [-0.1, -0.05) is 30.3 Å². The van der Waals surface area contributed by atoms with E-state index in [0.29, 0.717) is 5.56 Å². The molecule has 1 aromatic carbocycles. The maximum Gasteiger partial charge on any atom is 0.405 e. The molecule has 0 aromatic heterocycles. The summed E-state index contributed by atoms with van der Waals surface area (Å²) in [5.41, 5.74) is 3.85. The molecule has 0 saturated carbocycles. The van der Waals surface area contributed by atoms with E-state index in [1.165, 1.54) is 6.92 Å². The van der Waals surface area contributed by atoms with Crippen LogP contribution in [-0.4, -0.2) is 47.5 Å². The van der Waals surface area contributed by atoms with Crippen LogP contribution >= 0.6 is 0 Å². The molecule has 1 rings (SSSR count). The predicted molar refractivity (Wildman–Crippen MR) is 80.2 cm³/mol. The van der Waals surface area contributed by atoms with Crippen molar-refractivity contribution >= 4 is 22.0 Å². The molecule has 0 aliphatic rings. The van der Waals surface area contributed by atoms with Gasteiger partial charge in [0.05, 0.1) is 12.6 Å². The van der Waals surface area contributed by atoms with E-state index in [9.17, 15) is 22.6 Å². The Bertz CT molecular complexity index is 646. The number of nitrogens with one attached hydrogen (secondary N) is 1. The lowest BCUT2D eigenvalue weighted by Crippen LogP contribution is -2.56. The molecule has 1 aromatic rings. The third kappa shape index (κ3) is 5.94. The van der Waals surface area contributed by atoms with Crippen molar-refractivity contribution in [1.82, 2.24) is 5.32 Å². The summed E-state index contributed by atoms with van der Waals surface area (Å²) in [6.45, 7) is 1.01. The quantitative estimate of drug-likeness (QED) is 0.478. The fraction of sp³-hybridized carbons (Fsp3) is 0.385. The number of carbonyl (C=O) groups excluding carboxylic acids is 1. The summed E-state index contributed by atoms with van der Waals surface area (Å²) in [5, 5.41) is 10.5. The second kappa shape index (κ2) is 8.02. The first-order valence-corrected chi connectivity index (χ1v) is 8.04. The molecule has 0 bridgehead atoms. The second-order valence-corrected chi connectivity index (χ2v) is 6.29. The highest BCUT2D eigenvalue weighted by atomic mass is 32.2. The minimum atomic E-state index is -4.88. The molecule has 5 N–H and O–H groups in total. The predicted octanol–water partition coefficient (Wildman–Crippen LogP) is -0.0304. The van der Waals surface area contributed by atoms with E-state index in [1.54, 1.807) is 35.6 Å². The number of hydrogen-bond donors (Lipinski definition) is 4. The molecule has 3 atom stereocenters. The van der Waals surface area contributed by atoms with Crippen LogP contribution in [0.1, 0.15) is 12.5 Å². The largest absolute Gasteiger partial charge is 0.465 e. The number of hydrogen-bond acceptors (Lipinski definition) is 6. The van der Waals surface area contributed by atoms with Gasteiger partial charge in [-0.2, -0.15) is 8.42 Å².